The van der Waals surface area contributed by atoms with Crippen LogP contribution in [0.3, 0.4) is 0 Å². The van der Waals surface area contributed by atoms with Gasteiger partial charge in [-0.25, -0.2) is 14.2 Å². The van der Waals surface area contributed by atoms with Crippen LogP contribution in [0.25, 0.3) is 16.6 Å². The molecule has 4 rings (SSSR count). The van der Waals surface area contributed by atoms with Gasteiger partial charge in [0.15, 0.2) is 0 Å². The fraction of sp³-hybridized carbons (Fsp3) is 0.276. The molecule has 2 amide bonds. The number of carbonyl (C=O) groups excluding carboxylic acids is 1. The zero-order chi connectivity index (χ0) is 30.8. The Morgan fingerprint density at radius 3 is 2.12 bits per heavy atom. The fourth-order valence-electron chi connectivity index (χ4n) is 4.43. The maximum Gasteiger partial charge on any atom is 0.416 e. The summed E-state index contributed by atoms with van der Waals surface area (Å²) in [6.07, 6.45) is -9.19. The molecule has 1 atom stereocenters. The predicted molar refractivity (Wildman–Crippen MR) is 143 cm³/mol. The van der Waals surface area contributed by atoms with E-state index < -0.39 is 52.6 Å². The fourth-order valence-corrected chi connectivity index (χ4v) is 4.43. The summed E-state index contributed by atoms with van der Waals surface area (Å²) >= 11 is 0. The molecule has 0 aliphatic rings. The molecule has 1 N–H and O–H groups in total. The molecule has 13 heteroatoms. The molecule has 6 nitrogen and oxygen atoms in total. The van der Waals surface area contributed by atoms with Gasteiger partial charge in [0.05, 0.1) is 33.8 Å². The average Bonchev–Trinajstić information content (AvgIpc) is 2.92. The van der Waals surface area contributed by atoms with Crippen LogP contribution in [0.15, 0.2) is 71.5 Å². The Balaban J connectivity index is 1.82. The first-order valence-corrected chi connectivity index (χ1v) is 12.9. The Morgan fingerprint density at radius 1 is 0.952 bits per heavy atom. The van der Waals surface area contributed by atoms with Gasteiger partial charge in [0.25, 0.3) is 5.56 Å². The summed E-state index contributed by atoms with van der Waals surface area (Å²) in [5, 5.41) is 2.41. The summed E-state index contributed by atoms with van der Waals surface area (Å²) in [5.41, 5.74) is -3.85. The van der Waals surface area contributed by atoms with Gasteiger partial charge in [-0.3, -0.25) is 9.36 Å². The van der Waals surface area contributed by atoms with Gasteiger partial charge in [-0.1, -0.05) is 25.5 Å². The minimum atomic E-state index is -5.10. The third-order valence-electron chi connectivity index (χ3n) is 6.58. The molecule has 42 heavy (non-hydrogen) atoms. The van der Waals surface area contributed by atoms with Crippen LogP contribution in [0.2, 0.25) is 0 Å². The first kappa shape index (κ1) is 30.5. The van der Waals surface area contributed by atoms with E-state index in [1.54, 1.807) is 24.3 Å². The number of aromatic nitrogens is 2. The van der Waals surface area contributed by atoms with E-state index in [-0.39, 0.29) is 29.5 Å². The number of benzene rings is 3. The Bertz CT molecular complexity index is 1620. The van der Waals surface area contributed by atoms with Crippen molar-refractivity contribution in [2.45, 2.75) is 45.1 Å². The van der Waals surface area contributed by atoms with Crippen molar-refractivity contribution in [2.75, 3.05) is 11.9 Å². The van der Waals surface area contributed by atoms with E-state index in [1.807, 2.05) is 6.92 Å². The Kier molecular flexibility index (Phi) is 8.60. The van der Waals surface area contributed by atoms with E-state index in [9.17, 15) is 40.3 Å². The monoisotopic (exact) mass is 594 g/mol. The maximum absolute atomic E-state index is 13.7. The lowest BCUT2D eigenvalue weighted by molar-refractivity contribution is -0.143. The largest absolute Gasteiger partial charge is 0.416 e. The summed E-state index contributed by atoms with van der Waals surface area (Å²) in [7, 11) is 0. The molecule has 0 aliphatic carbocycles. The zero-order valence-electron chi connectivity index (χ0n) is 22.4. The highest BCUT2D eigenvalue weighted by atomic mass is 19.4. The second kappa shape index (κ2) is 11.8. The molecule has 222 valence electrons. The first-order chi connectivity index (χ1) is 19.7. The number of para-hydroxylation sites is 1. The third-order valence-corrected chi connectivity index (χ3v) is 6.58. The van der Waals surface area contributed by atoms with Crippen LogP contribution < -0.4 is 10.9 Å². The summed E-state index contributed by atoms with van der Waals surface area (Å²) in [6, 6.07) is 10.2. The number of hydrogen-bond donors (Lipinski definition) is 1. The van der Waals surface area contributed by atoms with Crippen LogP contribution in [0.5, 0.6) is 0 Å². The van der Waals surface area contributed by atoms with E-state index in [4.69, 9.17) is 0 Å². The molecular weight excluding hydrogens is 569 g/mol. The van der Waals surface area contributed by atoms with Crippen LogP contribution >= 0.6 is 0 Å². The smallest absolute Gasteiger partial charge is 0.315 e. The summed E-state index contributed by atoms with van der Waals surface area (Å²) in [4.78, 5) is 32.9. The highest BCUT2D eigenvalue weighted by molar-refractivity contribution is 5.90. The number of halogens is 7. The number of anilines is 1. The lowest BCUT2D eigenvalue weighted by Crippen LogP contribution is -2.40. The first-order valence-electron chi connectivity index (χ1n) is 12.9. The van der Waals surface area contributed by atoms with Gasteiger partial charge in [-0.05, 0) is 67.9 Å². The van der Waals surface area contributed by atoms with Gasteiger partial charge < -0.3 is 10.2 Å². The zero-order valence-corrected chi connectivity index (χ0v) is 22.4. The summed E-state index contributed by atoms with van der Waals surface area (Å²) < 4.78 is 95.2. The number of alkyl halides is 6. The predicted octanol–water partition coefficient (Wildman–Crippen LogP) is 7.96. The van der Waals surface area contributed by atoms with Crippen LogP contribution in [0.4, 0.5) is 41.2 Å². The summed E-state index contributed by atoms with van der Waals surface area (Å²) in [5.74, 6) is -0.505. The van der Waals surface area contributed by atoms with Gasteiger partial charge in [-0.2, -0.15) is 26.3 Å². The number of urea groups is 1. The number of hydrogen-bond acceptors (Lipinski definition) is 3. The molecule has 0 fully saturated rings. The van der Waals surface area contributed by atoms with Crippen molar-refractivity contribution in [1.82, 2.24) is 14.5 Å². The van der Waals surface area contributed by atoms with E-state index in [0.717, 1.165) is 12.1 Å². The van der Waals surface area contributed by atoms with Crippen molar-refractivity contribution in [3.05, 3.63) is 99.9 Å². The van der Waals surface area contributed by atoms with E-state index in [0.29, 0.717) is 30.5 Å². The molecule has 0 radical (unpaired) electrons. The van der Waals surface area contributed by atoms with Crippen molar-refractivity contribution >= 4 is 22.6 Å². The van der Waals surface area contributed by atoms with Crippen LogP contribution in [-0.2, 0) is 12.4 Å². The molecular formula is C29H25F7N4O2. The van der Waals surface area contributed by atoms with Crippen molar-refractivity contribution < 1.29 is 35.5 Å². The van der Waals surface area contributed by atoms with Crippen LogP contribution in [0.1, 0.15) is 49.7 Å². The Labute approximate surface area is 235 Å². The minimum absolute atomic E-state index is 0.0285. The van der Waals surface area contributed by atoms with E-state index >= 15 is 0 Å². The number of rotatable bonds is 7. The van der Waals surface area contributed by atoms with Crippen molar-refractivity contribution in [3.8, 4) is 5.69 Å². The molecule has 1 unspecified atom stereocenters. The molecule has 1 aromatic heterocycles. The van der Waals surface area contributed by atoms with Gasteiger partial charge in [-0.15, -0.1) is 0 Å². The topological polar surface area (TPSA) is 67.2 Å². The van der Waals surface area contributed by atoms with Gasteiger partial charge in [0, 0.05) is 12.2 Å². The normalized spacial score (nSPS) is 12.8. The minimum Gasteiger partial charge on any atom is -0.315 e. The van der Waals surface area contributed by atoms with E-state index in [1.165, 1.54) is 28.5 Å². The number of carbonyl (C=O) groups is 1. The van der Waals surface area contributed by atoms with Crippen molar-refractivity contribution in [2.24, 2.45) is 0 Å². The van der Waals surface area contributed by atoms with Crippen molar-refractivity contribution in [1.29, 1.82) is 0 Å². The van der Waals surface area contributed by atoms with Gasteiger partial charge in [0.1, 0.15) is 11.6 Å². The molecule has 0 saturated heterocycles. The maximum atomic E-state index is 13.7. The molecule has 0 bridgehead atoms. The average molecular weight is 595 g/mol. The lowest BCUT2D eigenvalue weighted by atomic mass is 10.1. The van der Waals surface area contributed by atoms with Gasteiger partial charge >= 0.3 is 18.4 Å². The standard InChI is InChI=1S/C29H25F7N4O2/c1-3-4-13-39(27(42)37-21-15-18(28(31,32)33)14-19(16-21)29(34,35)36)17(2)25-38-24-8-6-5-7-23(24)26(41)40(25)22-11-9-20(30)10-12-22/h5-12,14-17H,3-4,13H2,1-2H3,(H,37,42). The molecule has 0 spiro atoms. The van der Waals surface area contributed by atoms with Crippen LogP contribution in [0, 0.1) is 5.82 Å². The molecule has 0 aliphatic heterocycles. The molecule has 0 saturated carbocycles. The Morgan fingerprint density at radius 2 is 1.55 bits per heavy atom. The Hall–Kier alpha value is -4.42. The van der Waals surface area contributed by atoms with Crippen LogP contribution in [-0.4, -0.2) is 27.0 Å². The lowest BCUT2D eigenvalue weighted by Gasteiger charge is -2.31. The van der Waals surface area contributed by atoms with Gasteiger partial charge in [0.2, 0.25) is 0 Å². The molecule has 3 aromatic carbocycles. The second-order valence-electron chi connectivity index (χ2n) is 9.55. The second-order valence-corrected chi connectivity index (χ2v) is 9.55. The SMILES string of the molecule is CCCCN(C(=O)Nc1cc(C(F)(F)F)cc(C(F)(F)F)c1)C(C)c1nc2ccccc2c(=O)n1-c1ccc(F)cc1. The van der Waals surface area contributed by atoms with Crippen molar-refractivity contribution in [3.63, 3.8) is 0 Å². The number of unbranched alkanes of at least 4 members (excludes halogenated alkanes) is 1. The number of fused-ring (bicyclic) bond motifs is 1. The third kappa shape index (κ3) is 6.55. The number of nitrogens with one attached hydrogen (secondary N) is 1. The molecule has 4 aromatic rings. The molecule has 1 heterocycles. The summed E-state index contributed by atoms with van der Waals surface area (Å²) in [6.45, 7) is 3.38. The number of nitrogens with zero attached hydrogens (tertiary/aromatic N) is 3. The quantitative estimate of drug-likeness (QED) is 0.221. The highest BCUT2D eigenvalue weighted by Crippen LogP contribution is 2.38. The van der Waals surface area contributed by atoms with E-state index in [2.05, 4.69) is 10.3 Å². The number of amides is 2. The highest BCUT2D eigenvalue weighted by Gasteiger charge is 2.37.